The number of carbonyl (C=O) groups is 1. The lowest BCUT2D eigenvalue weighted by Crippen LogP contribution is -2.44. The molecule has 3 unspecified atom stereocenters. The lowest BCUT2D eigenvalue weighted by Gasteiger charge is -2.37. The van der Waals surface area contributed by atoms with Crippen molar-refractivity contribution in [3.63, 3.8) is 0 Å². The second-order valence-corrected chi connectivity index (χ2v) is 5.96. The lowest BCUT2D eigenvalue weighted by atomic mass is 9.70. The number of hydrogen-bond acceptors (Lipinski definition) is 4. The third kappa shape index (κ3) is 0.750. The van der Waals surface area contributed by atoms with Crippen molar-refractivity contribution in [1.82, 2.24) is 0 Å². The molecular weight excluding hydrogens is 204 g/mol. The van der Waals surface area contributed by atoms with E-state index in [0.29, 0.717) is 12.8 Å². The summed E-state index contributed by atoms with van der Waals surface area (Å²) in [7, 11) is 0. The highest BCUT2D eigenvalue weighted by Gasteiger charge is 2.73. The Labute approximate surface area is 85.3 Å². The second kappa shape index (κ2) is 2.39. The summed E-state index contributed by atoms with van der Waals surface area (Å²) >= 11 is -2.37. The van der Waals surface area contributed by atoms with Crippen LogP contribution < -0.4 is 0 Å². The SMILES string of the molecule is CC12CCC(S(=O)[O-])(OC1=O)C2(C)C. The van der Waals surface area contributed by atoms with Crippen LogP contribution in [0.3, 0.4) is 0 Å². The van der Waals surface area contributed by atoms with E-state index in [0.717, 1.165) is 0 Å². The Balaban J connectivity index is 2.60. The van der Waals surface area contributed by atoms with Crippen LogP contribution in [0.4, 0.5) is 0 Å². The fraction of sp³-hybridized carbons (Fsp3) is 0.889. The van der Waals surface area contributed by atoms with Gasteiger partial charge in [0, 0.05) is 5.41 Å². The molecule has 0 amide bonds. The highest BCUT2D eigenvalue weighted by atomic mass is 32.2. The number of fused-ring (bicyclic) bond motifs is 2. The van der Waals surface area contributed by atoms with E-state index in [1.165, 1.54) is 0 Å². The summed E-state index contributed by atoms with van der Waals surface area (Å²) in [5.74, 6) is -0.377. The molecule has 2 fully saturated rings. The van der Waals surface area contributed by atoms with Crippen molar-refractivity contribution >= 4 is 17.0 Å². The number of carbonyl (C=O) groups excluding carboxylic acids is 1. The van der Waals surface area contributed by atoms with Crippen LogP contribution in [0.15, 0.2) is 0 Å². The Morgan fingerprint density at radius 2 is 1.93 bits per heavy atom. The van der Waals surface area contributed by atoms with Gasteiger partial charge in [0.15, 0.2) is 4.93 Å². The van der Waals surface area contributed by atoms with E-state index in [1.54, 1.807) is 20.8 Å². The third-order valence-electron chi connectivity index (χ3n) is 4.26. The van der Waals surface area contributed by atoms with E-state index in [9.17, 15) is 13.6 Å². The molecule has 0 aromatic heterocycles. The van der Waals surface area contributed by atoms with Gasteiger partial charge in [-0.3, -0.25) is 9.00 Å². The lowest BCUT2D eigenvalue weighted by molar-refractivity contribution is -0.154. The van der Waals surface area contributed by atoms with E-state index >= 15 is 0 Å². The van der Waals surface area contributed by atoms with Crippen LogP contribution >= 0.6 is 0 Å². The smallest absolute Gasteiger partial charge is 0.313 e. The van der Waals surface area contributed by atoms with Crippen LogP contribution in [0.1, 0.15) is 33.6 Å². The van der Waals surface area contributed by atoms with E-state index in [2.05, 4.69) is 0 Å². The predicted molar refractivity (Wildman–Crippen MR) is 48.9 cm³/mol. The van der Waals surface area contributed by atoms with Gasteiger partial charge in [-0.1, -0.05) is 13.8 Å². The predicted octanol–water partition coefficient (Wildman–Crippen LogP) is 0.945. The van der Waals surface area contributed by atoms with Crippen molar-refractivity contribution in [2.45, 2.75) is 38.5 Å². The zero-order valence-corrected chi connectivity index (χ0v) is 9.27. The Bertz CT molecular complexity index is 338. The molecule has 0 N–H and O–H groups in total. The number of esters is 1. The quantitative estimate of drug-likeness (QED) is 0.484. The first kappa shape index (κ1) is 10.1. The van der Waals surface area contributed by atoms with Crippen molar-refractivity contribution in [2.24, 2.45) is 10.8 Å². The molecule has 2 aliphatic rings. The highest BCUT2D eigenvalue weighted by Crippen LogP contribution is 2.66. The first-order chi connectivity index (χ1) is 6.28. The molecule has 80 valence electrons. The molecule has 0 spiro atoms. The molecule has 0 aromatic rings. The van der Waals surface area contributed by atoms with Crippen molar-refractivity contribution in [3.8, 4) is 0 Å². The molecule has 2 rings (SSSR count). The Morgan fingerprint density at radius 1 is 1.36 bits per heavy atom. The number of ether oxygens (including phenoxy) is 1. The van der Waals surface area contributed by atoms with Crippen LogP contribution in [-0.4, -0.2) is 19.7 Å². The molecule has 3 atom stereocenters. The first-order valence-corrected chi connectivity index (χ1v) is 5.68. The van der Waals surface area contributed by atoms with Crippen LogP contribution in [-0.2, 0) is 20.6 Å². The first-order valence-electron chi connectivity index (χ1n) is 4.61. The normalized spacial score (nSPS) is 46.4. The minimum atomic E-state index is -2.37. The van der Waals surface area contributed by atoms with Crippen molar-refractivity contribution in [2.75, 3.05) is 0 Å². The Kier molecular flexibility index (Phi) is 1.72. The third-order valence-corrected chi connectivity index (χ3v) is 5.60. The molecule has 1 saturated heterocycles. The number of rotatable bonds is 1. The fourth-order valence-corrected chi connectivity index (χ4v) is 3.64. The minimum absolute atomic E-state index is 0.377. The van der Waals surface area contributed by atoms with Gasteiger partial charge in [-0.05, 0) is 30.8 Å². The summed E-state index contributed by atoms with van der Waals surface area (Å²) < 4.78 is 27.5. The zero-order chi connectivity index (χ0) is 10.8. The Hall–Kier alpha value is -0.420. The molecule has 0 aromatic carbocycles. The second-order valence-electron chi connectivity index (χ2n) is 4.83. The maximum atomic E-state index is 11.6. The zero-order valence-electron chi connectivity index (χ0n) is 8.46. The maximum absolute atomic E-state index is 11.6. The average Bonchev–Trinajstić information content (AvgIpc) is 2.34. The summed E-state index contributed by atoms with van der Waals surface area (Å²) in [5.41, 5.74) is -1.28. The monoisotopic (exact) mass is 217 g/mol. The summed E-state index contributed by atoms with van der Waals surface area (Å²) in [4.78, 5) is 10.3. The van der Waals surface area contributed by atoms with Crippen molar-refractivity contribution < 1.29 is 18.3 Å². The summed E-state index contributed by atoms with van der Waals surface area (Å²) in [6.45, 7) is 5.37. The van der Waals surface area contributed by atoms with Crippen molar-refractivity contribution in [3.05, 3.63) is 0 Å². The van der Waals surface area contributed by atoms with E-state index in [4.69, 9.17) is 4.74 Å². The summed E-state index contributed by atoms with van der Waals surface area (Å²) in [6.07, 6.45) is 1.01. The number of hydrogen-bond donors (Lipinski definition) is 0. The van der Waals surface area contributed by atoms with Gasteiger partial charge in [-0.2, -0.15) is 0 Å². The Morgan fingerprint density at radius 3 is 2.14 bits per heavy atom. The molecule has 1 aliphatic heterocycles. The maximum Gasteiger partial charge on any atom is 0.313 e. The molecule has 1 saturated carbocycles. The van der Waals surface area contributed by atoms with Gasteiger partial charge in [0.05, 0.1) is 5.41 Å². The molecular formula is C9H13O4S-. The van der Waals surface area contributed by atoms with E-state index < -0.39 is 26.8 Å². The van der Waals surface area contributed by atoms with Gasteiger partial charge in [-0.25, -0.2) is 0 Å². The van der Waals surface area contributed by atoms with Gasteiger partial charge in [0.2, 0.25) is 0 Å². The van der Waals surface area contributed by atoms with Crippen LogP contribution in [0.25, 0.3) is 0 Å². The highest BCUT2D eigenvalue weighted by molar-refractivity contribution is 7.80. The van der Waals surface area contributed by atoms with Gasteiger partial charge in [-0.15, -0.1) is 0 Å². The largest absolute Gasteiger partial charge is 0.769 e. The molecule has 1 aliphatic carbocycles. The molecule has 5 heteroatoms. The van der Waals surface area contributed by atoms with Crippen LogP contribution in [0, 0.1) is 10.8 Å². The topological polar surface area (TPSA) is 66.4 Å². The van der Waals surface area contributed by atoms with Gasteiger partial charge >= 0.3 is 5.97 Å². The molecule has 4 nitrogen and oxygen atoms in total. The van der Waals surface area contributed by atoms with Gasteiger partial charge in [0.1, 0.15) is 0 Å². The van der Waals surface area contributed by atoms with E-state index in [1.807, 2.05) is 0 Å². The summed E-state index contributed by atoms with van der Waals surface area (Å²) in [5, 5.41) is 0. The van der Waals surface area contributed by atoms with Crippen LogP contribution in [0.2, 0.25) is 0 Å². The van der Waals surface area contributed by atoms with Gasteiger partial charge in [0.25, 0.3) is 0 Å². The molecule has 0 radical (unpaired) electrons. The summed E-state index contributed by atoms with van der Waals surface area (Å²) in [6, 6.07) is 0. The molecule has 14 heavy (non-hydrogen) atoms. The standard InChI is InChI=1S/C9H14O4S/c1-7(2)8(3)4-5-9(7,14(11)12)13-6(8)10/h4-5H2,1-3H3,(H,11,12)/p-1. The van der Waals surface area contributed by atoms with Gasteiger partial charge < -0.3 is 9.29 Å². The van der Waals surface area contributed by atoms with E-state index in [-0.39, 0.29) is 5.97 Å². The molecule has 1 heterocycles. The van der Waals surface area contributed by atoms with Crippen LogP contribution in [0.5, 0.6) is 0 Å². The fourth-order valence-electron chi connectivity index (χ4n) is 2.58. The average molecular weight is 217 g/mol. The minimum Gasteiger partial charge on any atom is -0.769 e. The molecule has 2 bridgehead atoms. The van der Waals surface area contributed by atoms with Crippen molar-refractivity contribution in [1.29, 1.82) is 0 Å².